The standard InChI is InChI=1S/C27H24Cl2N2O5S/c1-16(2)26-21(25(30-36-26)24-22(28)5-4-6-23(24)29)15-35-19-11-9-18(10-12-19)31-37(33)20-13-7-17(8-14-20)27(32)34-3/h4-14,16,31H,15H2,1-3H3. The minimum Gasteiger partial charge on any atom is -0.489 e. The Morgan fingerprint density at radius 1 is 1.03 bits per heavy atom. The third-order valence-electron chi connectivity index (χ3n) is 5.48. The van der Waals surface area contributed by atoms with E-state index < -0.39 is 17.0 Å². The maximum absolute atomic E-state index is 12.7. The number of halogens is 2. The van der Waals surface area contributed by atoms with Crippen LogP contribution in [0.1, 0.15) is 41.4 Å². The van der Waals surface area contributed by atoms with Crippen LogP contribution in [0.2, 0.25) is 10.0 Å². The molecule has 1 unspecified atom stereocenters. The lowest BCUT2D eigenvalue weighted by Gasteiger charge is -2.11. The van der Waals surface area contributed by atoms with Crippen LogP contribution in [0.25, 0.3) is 11.3 Å². The first-order valence-electron chi connectivity index (χ1n) is 11.3. The first-order valence-corrected chi connectivity index (χ1v) is 13.2. The molecule has 0 amide bonds. The third kappa shape index (κ3) is 6.15. The Kier molecular flexibility index (Phi) is 8.53. The van der Waals surface area contributed by atoms with Gasteiger partial charge in [-0.2, -0.15) is 0 Å². The Bertz CT molecular complexity index is 1400. The lowest BCUT2D eigenvalue weighted by molar-refractivity contribution is 0.0600. The predicted octanol–water partition coefficient (Wildman–Crippen LogP) is 7.27. The Hall–Kier alpha value is -3.33. The molecule has 192 valence electrons. The molecular formula is C27H24Cl2N2O5S. The fourth-order valence-corrected chi connectivity index (χ4v) is 5.04. The number of nitrogens with zero attached hydrogens (tertiary/aromatic N) is 1. The first-order chi connectivity index (χ1) is 17.8. The number of benzene rings is 3. The maximum atomic E-state index is 12.7. The lowest BCUT2D eigenvalue weighted by atomic mass is 10.0. The summed E-state index contributed by atoms with van der Waals surface area (Å²) in [7, 11) is -0.207. The van der Waals surface area contributed by atoms with Gasteiger partial charge in [0, 0.05) is 17.2 Å². The van der Waals surface area contributed by atoms with E-state index >= 15 is 0 Å². The van der Waals surface area contributed by atoms with E-state index in [1.165, 1.54) is 7.11 Å². The van der Waals surface area contributed by atoms with Crippen molar-refractivity contribution in [2.24, 2.45) is 0 Å². The first kappa shape index (κ1) is 26.7. The van der Waals surface area contributed by atoms with E-state index in [0.29, 0.717) is 49.0 Å². The van der Waals surface area contributed by atoms with Gasteiger partial charge in [0.1, 0.15) is 34.8 Å². The van der Waals surface area contributed by atoms with Crippen LogP contribution < -0.4 is 9.46 Å². The number of hydrogen-bond donors (Lipinski definition) is 1. The number of esters is 1. The zero-order chi connectivity index (χ0) is 26.5. The molecule has 37 heavy (non-hydrogen) atoms. The number of carbonyl (C=O) groups is 1. The highest BCUT2D eigenvalue weighted by Gasteiger charge is 2.23. The maximum Gasteiger partial charge on any atom is 0.337 e. The summed E-state index contributed by atoms with van der Waals surface area (Å²) in [4.78, 5) is 12.1. The van der Waals surface area contributed by atoms with Gasteiger partial charge in [0.05, 0.1) is 33.2 Å². The van der Waals surface area contributed by atoms with E-state index in [-0.39, 0.29) is 12.5 Å². The largest absolute Gasteiger partial charge is 0.489 e. The topological polar surface area (TPSA) is 90.7 Å². The zero-order valence-corrected chi connectivity index (χ0v) is 22.6. The molecule has 0 aliphatic rings. The number of nitrogens with one attached hydrogen (secondary N) is 1. The minimum absolute atomic E-state index is 0.0735. The third-order valence-corrected chi connectivity index (χ3v) is 7.23. The number of carbonyl (C=O) groups excluding carboxylic acids is 1. The van der Waals surface area contributed by atoms with Crippen LogP contribution in [-0.4, -0.2) is 22.4 Å². The summed E-state index contributed by atoms with van der Waals surface area (Å²) in [5.41, 5.74) is 2.94. The van der Waals surface area contributed by atoms with Crippen LogP contribution in [0.5, 0.6) is 5.75 Å². The summed E-state index contributed by atoms with van der Waals surface area (Å²) in [6, 6.07) is 18.7. The van der Waals surface area contributed by atoms with Crippen molar-refractivity contribution in [3.63, 3.8) is 0 Å². The average molecular weight is 559 g/mol. The number of hydrogen-bond acceptors (Lipinski definition) is 6. The van der Waals surface area contributed by atoms with E-state index in [9.17, 15) is 9.00 Å². The summed E-state index contributed by atoms with van der Waals surface area (Å²) in [6.45, 7) is 4.20. The molecule has 4 aromatic rings. The lowest BCUT2D eigenvalue weighted by Crippen LogP contribution is -2.06. The second-order valence-electron chi connectivity index (χ2n) is 8.33. The SMILES string of the molecule is COC(=O)c1ccc(S(=O)Nc2ccc(OCc3c(-c4c(Cl)cccc4Cl)noc3C(C)C)cc2)cc1. The van der Waals surface area contributed by atoms with E-state index in [1.807, 2.05) is 13.8 Å². The Labute approximate surface area is 227 Å². The molecule has 1 aromatic heterocycles. The summed E-state index contributed by atoms with van der Waals surface area (Å²) >= 11 is 12.8. The molecule has 0 spiro atoms. The molecule has 0 bridgehead atoms. The normalized spacial score (nSPS) is 11.8. The summed E-state index contributed by atoms with van der Waals surface area (Å²) in [5.74, 6) is 0.919. The molecule has 1 N–H and O–H groups in total. The van der Waals surface area contributed by atoms with Gasteiger partial charge >= 0.3 is 5.97 Å². The van der Waals surface area contributed by atoms with Crippen LogP contribution in [0.4, 0.5) is 5.69 Å². The molecule has 0 fully saturated rings. The molecule has 0 saturated carbocycles. The highest BCUT2D eigenvalue weighted by atomic mass is 35.5. The average Bonchev–Trinajstić information content (AvgIpc) is 3.31. The van der Waals surface area contributed by atoms with Gasteiger partial charge in [-0.15, -0.1) is 0 Å². The van der Waals surface area contributed by atoms with Gasteiger partial charge in [-0.25, -0.2) is 9.00 Å². The zero-order valence-electron chi connectivity index (χ0n) is 20.3. The molecular weight excluding hydrogens is 535 g/mol. The van der Waals surface area contributed by atoms with Crippen LogP contribution in [0.15, 0.2) is 76.1 Å². The summed E-state index contributed by atoms with van der Waals surface area (Å²) < 4.78 is 32.0. The van der Waals surface area contributed by atoms with Crippen molar-refractivity contribution < 1.29 is 23.0 Å². The van der Waals surface area contributed by atoms with Gasteiger partial charge in [0.15, 0.2) is 0 Å². The molecule has 1 heterocycles. The monoisotopic (exact) mass is 558 g/mol. The van der Waals surface area contributed by atoms with Crippen LogP contribution >= 0.6 is 23.2 Å². The molecule has 4 rings (SSSR count). The molecule has 0 aliphatic heterocycles. The van der Waals surface area contributed by atoms with Crippen molar-refractivity contribution in [2.45, 2.75) is 31.3 Å². The van der Waals surface area contributed by atoms with Gasteiger partial charge in [-0.3, -0.25) is 0 Å². The van der Waals surface area contributed by atoms with Gasteiger partial charge < -0.3 is 18.7 Å². The van der Waals surface area contributed by atoms with Gasteiger partial charge in [0.2, 0.25) is 0 Å². The number of methoxy groups -OCH3 is 1. The smallest absolute Gasteiger partial charge is 0.337 e. The van der Waals surface area contributed by atoms with E-state index in [1.54, 1.807) is 66.7 Å². The molecule has 0 saturated heterocycles. The molecule has 1 atom stereocenters. The Morgan fingerprint density at radius 3 is 2.27 bits per heavy atom. The van der Waals surface area contributed by atoms with E-state index in [2.05, 4.69) is 14.6 Å². The second-order valence-corrected chi connectivity index (χ2v) is 10.4. The molecule has 3 aromatic carbocycles. The molecule has 10 heteroatoms. The second kappa shape index (κ2) is 11.8. The predicted molar refractivity (Wildman–Crippen MR) is 145 cm³/mol. The van der Waals surface area contributed by atoms with Crippen LogP contribution in [0, 0.1) is 0 Å². The minimum atomic E-state index is -1.52. The number of ether oxygens (including phenoxy) is 2. The van der Waals surface area contributed by atoms with E-state index in [4.69, 9.17) is 32.5 Å². The Morgan fingerprint density at radius 2 is 1.68 bits per heavy atom. The Balaban J connectivity index is 1.46. The summed E-state index contributed by atoms with van der Waals surface area (Å²) in [5, 5.41) is 5.19. The quantitative estimate of drug-likeness (QED) is 0.217. The van der Waals surface area contributed by atoms with Crippen LogP contribution in [0.3, 0.4) is 0 Å². The molecule has 7 nitrogen and oxygen atoms in total. The number of rotatable bonds is 9. The van der Waals surface area contributed by atoms with E-state index in [0.717, 1.165) is 5.56 Å². The number of anilines is 1. The van der Waals surface area contributed by atoms with Crippen molar-refractivity contribution in [2.75, 3.05) is 11.8 Å². The number of aromatic nitrogens is 1. The fraction of sp³-hybridized carbons (Fsp3) is 0.185. The van der Waals surface area contributed by atoms with Crippen molar-refractivity contribution in [3.8, 4) is 17.0 Å². The highest BCUT2D eigenvalue weighted by Crippen LogP contribution is 2.38. The molecule has 0 radical (unpaired) electrons. The van der Waals surface area contributed by atoms with Crippen molar-refractivity contribution in [1.29, 1.82) is 0 Å². The van der Waals surface area contributed by atoms with Crippen molar-refractivity contribution in [3.05, 3.63) is 93.7 Å². The van der Waals surface area contributed by atoms with Crippen LogP contribution in [-0.2, 0) is 22.3 Å². The summed E-state index contributed by atoms with van der Waals surface area (Å²) in [6.07, 6.45) is 0. The van der Waals surface area contributed by atoms with Crippen molar-refractivity contribution in [1.82, 2.24) is 5.16 Å². The van der Waals surface area contributed by atoms with Gasteiger partial charge in [-0.05, 0) is 60.7 Å². The molecule has 0 aliphatic carbocycles. The fourth-order valence-electron chi connectivity index (χ4n) is 3.61. The van der Waals surface area contributed by atoms with Crippen molar-refractivity contribution >= 4 is 45.8 Å². The van der Waals surface area contributed by atoms with Gasteiger partial charge in [-0.1, -0.05) is 48.3 Å². The van der Waals surface area contributed by atoms with Gasteiger partial charge in [0.25, 0.3) is 0 Å². The highest BCUT2D eigenvalue weighted by molar-refractivity contribution is 7.86.